The second-order valence-electron chi connectivity index (χ2n) is 12.9. The van der Waals surface area contributed by atoms with Crippen LogP contribution in [0.5, 0.6) is 0 Å². The molecule has 1 aromatic carbocycles. The lowest BCUT2D eigenvalue weighted by molar-refractivity contribution is -0.390. The van der Waals surface area contributed by atoms with Crippen LogP contribution in [0.1, 0.15) is 5.56 Å². The Morgan fingerprint density at radius 1 is 0.404 bits per heavy atom. The summed E-state index contributed by atoms with van der Waals surface area (Å²) in [7, 11) is 0. The predicted molar refractivity (Wildman–Crippen MR) is 163 cm³/mol. The van der Waals surface area contributed by atoms with Crippen LogP contribution in [-0.2, 0) is 44.5 Å². The van der Waals surface area contributed by atoms with Gasteiger partial charge in [-0.3, -0.25) is 0 Å². The molecule has 4 fully saturated rings. The molecule has 21 nitrogen and oxygen atoms in total. The molecule has 0 radical (unpaired) electrons. The Labute approximate surface area is 296 Å². The van der Waals surface area contributed by atoms with E-state index in [1.165, 1.54) is 0 Å². The van der Waals surface area contributed by atoms with Gasteiger partial charge in [0.2, 0.25) is 0 Å². The molecule has 0 spiro atoms. The maximum atomic E-state index is 11.3. The quantitative estimate of drug-likeness (QED) is 0.0889. The first kappa shape index (κ1) is 41.5. The SMILES string of the molecule is OCC1O[C@@H](O[C@@H]2C(O)[C@H](O[C@@H]3C(O)[C@H](O[C@@H]4C(O)[C@H](OCc5ccccc5)OC(CO)[C@@H]4O)OC(CO)[C@@H]3O)OC(CO)[C@@H]2O)C(O)[C@@H](O)[C@H]1O. The van der Waals surface area contributed by atoms with Crippen LogP contribution in [0.15, 0.2) is 30.3 Å². The first-order valence-corrected chi connectivity index (χ1v) is 16.6. The third-order valence-corrected chi connectivity index (χ3v) is 9.44. The zero-order chi connectivity index (χ0) is 37.9. The van der Waals surface area contributed by atoms with Crippen molar-refractivity contribution in [1.29, 1.82) is 0 Å². The average Bonchev–Trinajstić information content (AvgIpc) is 3.15. The van der Waals surface area contributed by atoms with E-state index in [0.717, 1.165) is 0 Å². The van der Waals surface area contributed by atoms with Crippen LogP contribution in [0, 0.1) is 0 Å². The van der Waals surface area contributed by atoms with Gasteiger partial charge in [0.05, 0.1) is 33.0 Å². The summed E-state index contributed by atoms with van der Waals surface area (Å²) >= 11 is 0. The van der Waals surface area contributed by atoms with Gasteiger partial charge in [-0.2, -0.15) is 0 Å². The zero-order valence-corrected chi connectivity index (χ0v) is 27.5. The van der Waals surface area contributed by atoms with Gasteiger partial charge in [-0.15, -0.1) is 0 Å². The second-order valence-corrected chi connectivity index (χ2v) is 12.9. The number of aliphatic hydroxyl groups is 13. The first-order chi connectivity index (χ1) is 24.8. The molecule has 8 unspecified atom stereocenters. The smallest absolute Gasteiger partial charge is 0.187 e. The van der Waals surface area contributed by atoms with Crippen molar-refractivity contribution in [2.24, 2.45) is 0 Å². The number of ether oxygens (including phenoxy) is 8. The molecular weight excluding hydrogens is 708 g/mol. The lowest BCUT2D eigenvalue weighted by Gasteiger charge is -2.49. The average molecular weight is 757 g/mol. The van der Waals surface area contributed by atoms with Gasteiger partial charge in [0, 0.05) is 0 Å². The molecule has 4 saturated heterocycles. The van der Waals surface area contributed by atoms with Gasteiger partial charge in [-0.25, -0.2) is 0 Å². The molecule has 4 aliphatic rings. The molecule has 0 amide bonds. The molecule has 13 N–H and O–H groups in total. The van der Waals surface area contributed by atoms with Crippen molar-refractivity contribution >= 4 is 0 Å². The summed E-state index contributed by atoms with van der Waals surface area (Å²) in [6.07, 6.45) is -35.2. The zero-order valence-electron chi connectivity index (χ0n) is 27.5. The molecular formula is C31H48O21. The van der Waals surface area contributed by atoms with Crippen molar-refractivity contribution in [3.05, 3.63) is 35.9 Å². The standard InChI is InChI=1S/C31H48O21/c32-6-12-16(36)20(40)21(41)29(47-12)50-26-18(38)14(8-34)49-31(23(26)43)52-27-19(39)15(9-35)48-30(24(27)44)51-25-17(37)13(7-33)46-28(22(25)42)45-10-11-4-2-1-3-5-11/h1-5,12-44H,6-10H2/t12?,13?,14?,15?,16-,17-,18-,19-,20-,21?,22?,23?,24?,25-,26-,27-,28+,29-,30-,31-/m0/s1. The van der Waals surface area contributed by atoms with Gasteiger partial charge in [-0.1, -0.05) is 30.3 Å². The molecule has 1 aromatic rings. The fourth-order valence-corrected chi connectivity index (χ4v) is 6.40. The van der Waals surface area contributed by atoms with Gasteiger partial charge in [0.25, 0.3) is 0 Å². The van der Waals surface area contributed by atoms with E-state index in [1.54, 1.807) is 30.3 Å². The van der Waals surface area contributed by atoms with Crippen LogP contribution in [-0.4, -0.2) is 216 Å². The summed E-state index contributed by atoms with van der Waals surface area (Å²) in [5, 5.41) is 136. The number of hydrogen-bond donors (Lipinski definition) is 13. The van der Waals surface area contributed by atoms with Crippen molar-refractivity contribution in [1.82, 2.24) is 0 Å². The molecule has 0 bridgehead atoms. The lowest BCUT2D eigenvalue weighted by atomic mass is 9.95. The topological polar surface area (TPSA) is 337 Å². The first-order valence-electron chi connectivity index (χ1n) is 16.6. The minimum Gasteiger partial charge on any atom is -0.394 e. The second kappa shape index (κ2) is 18.3. The van der Waals surface area contributed by atoms with E-state index in [2.05, 4.69) is 0 Å². The van der Waals surface area contributed by atoms with Gasteiger partial charge in [0.1, 0.15) is 97.7 Å². The monoisotopic (exact) mass is 756 g/mol. The molecule has 298 valence electrons. The highest BCUT2D eigenvalue weighted by Gasteiger charge is 2.55. The molecule has 0 saturated carbocycles. The molecule has 5 rings (SSSR count). The fraction of sp³-hybridized carbons (Fsp3) is 0.806. The number of benzene rings is 1. The van der Waals surface area contributed by atoms with Crippen molar-refractivity contribution < 1.29 is 104 Å². The van der Waals surface area contributed by atoms with Crippen LogP contribution in [0.25, 0.3) is 0 Å². The van der Waals surface area contributed by atoms with E-state index in [4.69, 9.17) is 37.9 Å². The maximum Gasteiger partial charge on any atom is 0.187 e. The molecule has 4 aliphatic heterocycles. The molecule has 52 heavy (non-hydrogen) atoms. The van der Waals surface area contributed by atoms with E-state index < -0.39 is 149 Å². The Balaban J connectivity index is 1.32. The fourth-order valence-electron chi connectivity index (χ4n) is 6.40. The Kier molecular flexibility index (Phi) is 14.7. The molecule has 20 atom stereocenters. The minimum atomic E-state index is -2.05. The van der Waals surface area contributed by atoms with Gasteiger partial charge >= 0.3 is 0 Å². The van der Waals surface area contributed by atoms with E-state index in [-0.39, 0.29) is 6.61 Å². The molecule has 21 heteroatoms. The normalized spacial score (nSPS) is 47.3. The lowest BCUT2D eigenvalue weighted by Crippen LogP contribution is -2.67. The van der Waals surface area contributed by atoms with E-state index in [9.17, 15) is 66.4 Å². The summed E-state index contributed by atoms with van der Waals surface area (Å²) in [5.41, 5.74) is 0.706. The molecule has 0 aromatic heterocycles. The van der Waals surface area contributed by atoms with E-state index >= 15 is 0 Å². The van der Waals surface area contributed by atoms with Crippen LogP contribution >= 0.6 is 0 Å². The summed E-state index contributed by atoms with van der Waals surface area (Å²) in [6.45, 7) is -3.38. The minimum absolute atomic E-state index is 0.0465. The summed E-state index contributed by atoms with van der Waals surface area (Å²) in [4.78, 5) is 0. The Morgan fingerprint density at radius 3 is 1.15 bits per heavy atom. The van der Waals surface area contributed by atoms with Gasteiger partial charge in [-0.05, 0) is 5.56 Å². The third-order valence-electron chi connectivity index (χ3n) is 9.44. The van der Waals surface area contributed by atoms with Crippen LogP contribution in [0.3, 0.4) is 0 Å². The van der Waals surface area contributed by atoms with Crippen molar-refractivity contribution in [2.45, 2.75) is 129 Å². The van der Waals surface area contributed by atoms with Crippen molar-refractivity contribution in [3.8, 4) is 0 Å². The van der Waals surface area contributed by atoms with Crippen molar-refractivity contribution in [3.63, 3.8) is 0 Å². The third kappa shape index (κ3) is 8.75. The Hall–Kier alpha value is -1.62. The number of hydrogen-bond acceptors (Lipinski definition) is 21. The summed E-state index contributed by atoms with van der Waals surface area (Å²) < 4.78 is 44.6. The highest BCUT2D eigenvalue weighted by molar-refractivity contribution is 5.13. The number of aliphatic hydroxyl groups excluding tert-OH is 13. The van der Waals surface area contributed by atoms with Crippen LogP contribution in [0.2, 0.25) is 0 Å². The summed E-state index contributed by atoms with van der Waals surface area (Å²) in [5.74, 6) is 0. The van der Waals surface area contributed by atoms with Gasteiger partial charge < -0.3 is 104 Å². The highest BCUT2D eigenvalue weighted by atomic mass is 16.8. The Morgan fingerprint density at radius 2 is 0.750 bits per heavy atom. The highest BCUT2D eigenvalue weighted by Crippen LogP contribution is 2.34. The van der Waals surface area contributed by atoms with E-state index in [0.29, 0.717) is 5.56 Å². The predicted octanol–water partition coefficient (Wildman–Crippen LogP) is -7.52. The largest absolute Gasteiger partial charge is 0.394 e. The maximum absolute atomic E-state index is 11.3. The van der Waals surface area contributed by atoms with Crippen LogP contribution < -0.4 is 0 Å². The Bertz CT molecular complexity index is 1220. The molecule has 4 heterocycles. The van der Waals surface area contributed by atoms with Gasteiger partial charge in [0.15, 0.2) is 25.2 Å². The van der Waals surface area contributed by atoms with Crippen LogP contribution in [0.4, 0.5) is 0 Å². The van der Waals surface area contributed by atoms with E-state index in [1.807, 2.05) is 0 Å². The molecule has 0 aliphatic carbocycles. The van der Waals surface area contributed by atoms with Crippen molar-refractivity contribution in [2.75, 3.05) is 26.4 Å². The summed E-state index contributed by atoms with van der Waals surface area (Å²) in [6, 6.07) is 8.79. The number of rotatable bonds is 13.